The second kappa shape index (κ2) is 5.33. The molecule has 0 atom stereocenters. The number of rotatable bonds is 4. The Bertz CT molecular complexity index is 486. The second-order valence-corrected chi connectivity index (χ2v) is 4.27. The van der Waals surface area contributed by atoms with E-state index in [4.69, 9.17) is 5.26 Å². The number of aryl methyl sites for hydroxylation is 1. The van der Waals surface area contributed by atoms with Crippen molar-refractivity contribution in [1.82, 2.24) is 14.8 Å². The first-order valence-corrected chi connectivity index (χ1v) is 5.84. The molecule has 0 saturated heterocycles. The first kappa shape index (κ1) is 10.7. The van der Waals surface area contributed by atoms with Gasteiger partial charge in [-0.25, -0.2) is 4.98 Å². The molecule has 0 aliphatic carbocycles. The van der Waals surface area contributed by atoms with Crippen LogP contribution in [0.5, 0.6) is 0 Å². The molecular formula is C11H10N4S. The summed E-state index contributed by atoms with van der Waals surface area (Å²) in [5, 5.41) is 12.6. The van der Waals surface area contributed by atoms with Gasteiger partial charge in [-0.15, -0.1) is 16.9 Å². The fourth-order valence-electron chi connectivity index (χ4n) is 1.23. The van der Waals surface area contributed by atoms with Crippen LogP contribution in [0.4, 0.5) is 0 Å². The molecule has 0 radical (unpaired) electrons. The molecule has 0 bridgehead atoms. The van der Waals surface area contributed by atoms with Gasteiger partial charge in [-0.2, -0.15) is 5.26 Å². The summed E-state index contributed by atoms with van der Waals surface area (Å²) in [5.74, 6) is 1.14. The van der Waals surface area contributed by atoms with E-state index in [2.05, 4.69) is 22.2 Å². The highest BCUT2D eigenvalue weighted by molar-refractivity contribution is 7.99. The van der Waals surface area contributed by atoms with E-state index in [-0.39, 0.29) is 5.82 Å². The lowest BCUT2D eigenvalue weighted by molar-refractivity contribution is 0.662. The van der Waals surface area contributed by atoms with Gasteiger partial charge in [-0.3, -0.25) is 4.68 Å². The molecule has 0 fully saturated rings. The van der Waals surface area contributed by atoms with Gasteiger partial charge >= 0.3 is 0 Å². The highest BCUT2D eigenvalue weighted by Crippen LogP contribution is 2.16. The van der Waals surface area contributed by atoms with Crippen LogP contribution in [-0.2, 0) is 6.54 Å². The molecular weight excluding hydrogens is 220 g/mol. The molecule has 0 saturated carbocycles. The van der Waals surface area contributed by atoms with E-state index >= 15 is 0 Å². The fourth-order valence-corrected chi connectivity index (χ4v) is 2.09. The summed E-state index contributed by atoms with van der Waals surface area (Å²) >= 11 is 1.76. The predicted octanol–water partition coefficient (Wildman–Crippen LogP) is 1.94. The quantitative estimate of drug-likeness (QED) is 0.753. The molecule has 80 valence electrons. The SMILES string of the molecule is N#Cc1ncn(CCSc2ccccc2)n1. The largest absolute Gasteiger partial charge is 0.252 e. The van der Waals surface area contributed by atoms with Crippen LogP contribution < -0.4 is 0 Å². The monoisotopic (exact) mass is 230 g/mol. The van der Waals surface area contributed by atoms with E-state index in [9.17, 15) is 0 Å². The van der Waals surface area contributed by atoms with Crippen molar-refractivity contribution in [3.05, 3.63) is 42.5 Å². The molecule has 16 heavy (non-hydrogen) atoms. The molecule has 0 spiro atoms. The van der Waals surface area contributed by atoms with Gasteiger partial charge in [0.1, 0.15) is 12.4 Å². The Hall–Kier alpha value is -1.80. The third kappa shape index (κ3) is 2.84. The number of nitrogens with zero attached hydrogens (tertiary/aromatic N) is 4. The third-order valence-electron chi connectivity index (χ3n) is 1.97. The Morgan fingerprint density at radius 2 is 2.12 bits per heavy atom. The molecule has 0 aliphatic rings. The van der Waals surface area contributed by atoms with Gasteiger partial charge in [0.05, 0.1) is 6.54 Å². The van der Waals surface area contributed by atoms with Crippen molar-refractivity contribution in [2.24, 2.45) is 0 Å². The van der Waals surface area contributed by atoms with Crippen LogP contribution in [0.15, 0.2) is 41.6 Å². The zero-order chi connectivity index (χ0) is 11.2. The molecule has 0 N–H and O–H groups in total. The van der Waals surface area contributed by atoms with Crippen molar-refractivity contribution in [2.45, 2.75) is 11.4 Å². The Balaban J connectivity index is 1.83. The van der Waals surface area contributed by atoms with Gasteiger partial charge in [0.25, 0.3) is 5.82 Å². The maximum absolute atomic E-state index is 8.56. The van der Waals surface area contributed by atoms with Crippen LogP contribution >= 0.6 is 11.8 Å². The zero-order valence-corrected chi connectivity index (χ0v) is 9.39. The van der Waals surface area contributed by atoms with E-state index in [1.54, 1.807) is 22.8 Å². The van der Waals surface area contributed by atoms with Crippen LogP contribution in [0.2, 0.25) is 0 Å². The molecule has 1 aromatic carbocycles. The lowest BCUT2D eigenvalue weighted by Crippen LogP contribution is -2.01. The molecule has 2 rings (SSSR count). The van der Waals surface area contributed by atoms with Crippen molar-refractivity contribution >= 4 is 11.8 Å². The van der Waals surface area contributed by atoms with E-state index in [1.807, 2.05) is 24.3 Å². The highest BCUT2D eigenvalue weighted by Gasteiger charge is 1.98. The Morgan fingerprint density at radius 1 is 1.31 bits per heavy atom. The summed E-state index contributed by atoms with van der Waals surface area (Å²) in [4.78, 5) is 5.08. The summed E-state index contributed by atoms with van der Waals surface area (Å²) in [6.07, 6.45) is 1.59. The third-order valence-corrected chi connectivity index (χ3v) is 2.96. The minimum atomic E-state index is 0.227. The van der Waals surface area contributed by atoms with E-state index in [1.165, 1.54) is 4.90 Å². The number of nitriles is 1. The van der Waals surface area contributed by atoms with E-state index in [0.717, 1.165) is 12.3 Å². The predicted molar refractivity (Wildman–Crippen MR) is 61.9 cm³/mol. The standard InChI is InChI=1S/C11H10N4S/c12-8-11-13-9-15(14-11)6-7-16-10-4-2-1-3-5-10/h1-5,9H,6-7H2. The summed E-state index contributed by atoms with van der Waals surface area (Å²) in [5.41, 5.74) is 0. The Kier molecular flexibility index (Phi) is 3.57. The molecule has 1 heterocycles. The average molecular weight is 230 g/mol. The summed E-state index contributed by atoms with van der Waals surface area (Å²) < 4.78 is 1.69. The van der Waals surface area contributed by atoms with Crippen LogP contribution in [0.3, 0.4) is 0 Å². The lowest BCUT2D eigenvalue weighted by Gasteiger charge is -2.00. The minimum Gasteiger partial charge on any atom is -0.251 e. The average Bonchev–Trinajstić information content (AvgIpc) is 2.78. The summed E-state index contributed by atoms with van der Waals surface area (Å²) in [6.45, 7) is 0.758. The topological polar surface area (TPSA) is 54.5 Å². The molecule has 0 amide bonds. The van der Waals surface area contributed by atoms with Crippen LogP contribution in [-0.4, -0.2) is 20.5 Å². The zero-order valence-electron chi connectivity index (χ0n) is 8.58. The first-order chi connectivity index (χ1) is 7.88. The van der Waals surface area contributed by atoms with Crippen LogP contribution in [0.1, 0.15) is 5.82 Å². The Morgan fingerprint density at radius 3 is 2.81 bits per heavy atom. The van der Waals surface area contributed by atoms with Crippen LogP contribution in [0.25, 0.3) is 0 Å². The maximum atomic E-state index is 8.56. The fraction of sp³-hybridized carbons (Fsp3) is 0.182. The number of aromatic nitrogens is 3. The van der Waals surface area contributed by atoms with E-state index in [0.29, 0.717) is 0 Å². The van der Waals surface area contributed by atoms with Gasteiger partial charge in [0.2, 0.25) is 0 Å². The van der Waals surface area contributed by atoms with Gasteiger partial charge < -0.3 is 0 Å². The van der Waals surface area contributed by atoms with Crippen molar-refractivity contribution in [3.8, 4) is 6.07 Å². The Labute approximate surface area is 97.9 Å². The maximum Gasteiger partial charge on any atom is 0.252 e. The molecule has 1 aromatic heterocycles. The lowest BCUT2D eigenvalue weighted by atomic mass is 10.4. The first-order valence-electron chi connectivity index (χ1n) is 4.86. The molecule has 2 aromatic rings. The van der Waals surface area contributed by atoms with Crippen LogP contribution in [0, 0.1) is 11.3 Å². The summed E-state index contributed by atoms with van der Waals surface area (Å²) in [6, 6.07) is 12.1. The number of hydrogen-bond donors (Lipinski definition) is 0. The van der Waals surface area contributed by atoms with Gasteiger partial charge in [0.15, 0.2) is 0 Å². The molecule has 4 nitrogen and oxygen atoms in total. The second-order valence-electron chi connectivity index (χ2n) is 3.10. The van der Waals surface area contributed by atoms with Gasteiger partial charge in [-0.1, -0.05) is 18.2 Å². The van der Waals surface area contributed by atoms with Gasteiger partial charge in [0, 0.05) is 10.6 Å². The molecule has 0 aliphatic heterocycles. The van der Waals surface area contributed by atoms with Crippen molar-refractivity contribution in [3.63, 3.8) is 0 Å². The number of thioether (sulfide) groups is 1. The van der Waals surface area contributed by atoms with Crippen molar-refractivity contribution in [1.29, 1.82) is 5.26 Å². The number of benzene rings is 1. The highest BCUT2D eigenvalue weighted by atomic mass is 32.2. The van der Waals surface area contributed by atoms with E-state index < -0.39 is 0 Å². The smallest absolute Gasteiger partial charge is 0.251 e. The minimum absolute atomic E-state index is 0.227. The van der Waals surface area contributed by atoms with Gasteiger partial charge in [-0.05, 0) is 12.1 Å². The van der Waals surface area contributed by atoms with Crippen molar-refractivity contribution in [2.75, 3.05) is 5.75 Å². The molecule has 0 unspecified atom stereocenters. The number of hydrogen-bond acceptors (Lipinski definition) is 4. The molecule has 5 heteroatoms. The summed E-state index contributed by atoms with van der Waals surface area (Å²) in [7, 11) is 0. The van der Waals surface area contributed by atoms with Crippen molar-refractivity contribution < 1.29 is 0 Å². The normalized spacial score (nSPS) is 9.94.